The third-order valence-corrected chi connectivity index (χ3v) is 5.41. The number of carbonyl (C=O) groups is 1. The second-order valence-electron chi connectivity index (χ2n) is 4.66. The minimum Gasteiger partial charge on any atom is -0.383 e. The summed E-state index contributed by atoms with van der Waals surface area (Å²) >= 11 is 8.30. The number of nitrogens with zero attached hydrogens (tertiary/aromatic N) is 2. The van der Waals surface area contributed by atoms with Gasteiger partial charge in [-0.05, 0) is 30.3 Å². The van der Waals surface area contributed by atoms with Gasteiger partial charge in [0.1, 0.15) is 5.82 Å². The van der Waals surface area contributed by atoms with Gasteiger partial charge in [-0.2, -0.15) is 4.99 Å². The number of thiazole rings is 1. The van der Waals surface area contributed by atoms with E-state index < -0.39 is 0 Å². The highest BCUT2D eigenvalue weighted by atomic mass is 35.5. The number of methoxy groups -OCH3 is 1. The first kappa shape index (κ1) is 16.3. The molecule has 3 rings (SSSR count). The molecular formula is C15H12ClFN2O2S2. The van der Waals surface area contributed by atoms with Crippen LogP contribution in [0.2, 0.25) is 4.34 Å². The van der Waals surface area contributed by atoms with Crippen LogP contribution in [0.4, 0.5) is 4.39 Å². The van der Waals surface area contributed by atoms with Gasteiger partial charge in [0.2, 0.25) is 0 Å². The summed E-state index contributed by atoms with van der Waals surface area (Å²) in [6.07, 6.45) is 0. The molecule has 0 N–H and O–H groups in total. The number of benzene rings is 1. The average Bonchev–Trinajstić information content (AvgIpc) is 3.08. The third-order valence-electron chi connectivity index (χ3n) is 3.14. The monoisotopic (exact) mass is 370 g/mol. The Kier molecular flexibility index (Phi) is 4.91. The molecule has 0 aliphatic rings. The molecule has 0 atom stereocenters. The van der Waals surface area contributed by atoms with Crippen molar-refractivity contribution in [2.75, 3.05) is 13.7 Å². The Morgan fingerprint density at radius 1 is 1.35 bits per heavy atom. The normalized spacial score (nSPS) is 12.2. The molecule has 120 valence electrons. The fourth-order valence-corrected chi connectivity index (χ4v) is 4.11. The van der Waals surface area contributed by atoms with E-state index >= 15 is 0 Å². The van der Waals surface area contributed by atoms with Crippen molar-refractivity contribution in [3.63, 3.8) is 0 Å². The Bertz CT molecular complexity index is 929. The Balaban J connectivity index is 2.11. The van der Waals surface area contributed by atoms with Gasteiger partial charge in [-0.15, -0.1) is 11.3 Å². The summed E-state index contributed by atoms with van der Waals surface area (Å²) in [6, 6.07) is 7.82. The Morgan fingerprint density at radius 3 is 2.87 bits per heavy atom. The van der Waals surface area contributed by atoms with E-state index in [0.717, 1.165) is 10.2 Å². The average molecular weight is 371 g/mol. The number of fused-ring (bicyclic) bond motifs is 1. The fourth-order valence-electron chi connectivity index (χ4n) is 2.10. The summed E-state index contributed by atoms with van der Waals surface area (Å²) in [5.41, 5.74) is 0.823. The zero-order valence-electron chi connectivity index (χ0n) is 12.1. The number of halogens is 2. The summed E-state index contributed by atoms with van der Waals surface area (Å²) in [4.78, 5) is 17.4. The van der Waals surface area contributed by atoms with Gasteiger partial charge in [0.25, 0.3) is 5.91 Å². The van der Waals surface area contributed by atoms with Crippen LogP contribution >= 0.6 is 34.3 Å². The van der Waals surface area contributed by atoms with Crippen LogP contribution in [-0.4, -0.2) is 24.2 Å². The van der Waals surface area contributed by atoms with Crippen LogP contribution in [-0.2, 0) is 11.3 Å². The van der Waals surface area contributed by atoms with Gasteiger partial charge in [0.05, 0.1) is 26.0 Å². The Morgan fingerprint density at radius 2 is 2.17 bits per heavy atom. The molecule has 0 saturated carbocycles. The molecule has 2 heterocycles. The van der Waals surface area contributed by atoms with Crippen LogP contribution in [0.3, 0.4) is 0 Å². The molecule has 0 radical (unpaired) electrons. The molecule has 0 bridgehead atoms. The molecule has 0 unspecified atom stereocenters. The van der Waals surface area contributed by atoms with Crippen LogP contribution in [0.5, 0.6) is 0 Å². The maximum absolute atomic E-state index is 13.4. The van der Waals surface area contributed by atoms with Crippen LogP contribution in [0.15, 0.2) is 35.3 Å². The number of carbonyl (C=O) groups excluding carboxylic acids is 1. The first-order chi connectivity index (χ1) is 11.1. The number of hydrogen-bond acceptors (Lipinski definition) is 4. The van der Waals surface area contributed by atoms with E-state index in [1.54, 1.807) is 25.3 Å². The summed E-state index contributed by atoms with van der Waals surface area (Å²) in [5, 5.41) is 0. The molecule has 8 heteroatoms. The Labute approximate surface area is 144 Å². The lowest BCUT2D eigenvalue weighted by Gasteiger charge is -2.03. The molecule has 0 aliphatic carbocycles. The van der Waals surface area contributed by atoms with Crippen molar-refractivity contribution in [1.29, 1.82) is 0 Å². The van der Waals surface area contributed by atoms with Gasteiger partial charge < -0.3 is 9.30 Å². The summed E-state index contributed by atoms with van der Waals surface area (Å²) in [7, 11) is 1.60. The van der Waals surface area contributed by atoms with Crippen molar-refractivity contribution in [3.8, 4) is 0 Å². The molecule has 2 aromatic heterocycles. The van der Waals surface area contributed by atoms with Crippen LogP contribution in [0, 0.1) is 5.82 Å². The molecule has 0 spiro atoms. The molecule has 3 aromatic rings. The second kappa shape index (κ2) is 6.92. The van der Waals surface area contributed by atoms with E-state index in [0.29, 0.717) is 27.2 Å². The van der Waals surface area contributed by atoms with E-state index in [4.69, 9.17) is 16.3 Å². The van der Waals surface area contributed by atoms with Crippen molar-refractivity contribution in [3.05, 3.63) is 50.2 Å². The summed E-state index contributed by atoms with van der Waals surface area (Å²) < 4.78 is 21.7. The Hall–Kier alpha value is -1.54. The SMILES string of the molecule is COCCn1c(=NC(=O)c2ccc(Cl)s2)sc2cc(F)ccc21. The number of aromatic nitrogens is 1. The summed E-state index contributed by atoms with van der Waals surface area (Å²) in [5.74, 6) is -0.680. The lowest BCUT2D eigenvalue weighted by Crippen LogP contribution is -2.19. The van der Waals surface area contributed by atoms with E-state index in [9.17, 15) is 9.18 Å². The zero-order chi connectivity index (χ0) is 16.4. The first-order valence-electron chi connectivity index (χ1n) is 6.70. The van der Waals surface area contributed by atoms with E-state index in [1.165, 1.54) is 34.8 Å². The highest BCUT2D eigenvalue weighted by Gasteiger charge is 2.11. The van der Waals surface area contributed by atoms with Crippen molar-refractivity contribution in [2.45, 2.75) is 6.54 Å². The number of hydrogen-bond donors (Lipinski definition) is 0. The zero-order valence-corrected chi connectivity index (χ0v) is 14.5. The van der Waals surface area contributed by atoms with Crippen molar-refractivity contribution >= 4 is 50.4 Å². The van der Waals surface area contributed by atoms with E-state index in [2.05, 4.69) is 4.99 Å². The molecule has 23 heavy (non-hydrogen) atoms. The molecule has 0 aliphatic heterocycles. The van der Waals surface area contributed by atoms with Gasteiger partial charge in [-0.1, -0.05) is 22.9 Å². The third kappa shape index (κ3) is 3.53. The number of thiophene rings is 1. The largest absolute Gasteiger partial charge is 0.383 e. The standard InChI is InChI=1S/C15H12ClFN2O2S2/c1-21-7-6-19-10-3-2-9(17)8-12(10)23-15(19)18-14(20)11-4-5-13(16)22-11/h2-5,8H,6-7H2,1H3. The number of ether oxygens (including phenoxy) is 1. The topological polar surface area (TPSA) is 43.6 Å². The fraction of sp³-hybridized carbons (Fsp3) is 0.200. The lowest BCUT2D eigenvalue weighted by atomic mass is 10.3. The molecule has 0 saturated heterocycles. The molecule has 4 nitrogen and oxygen atoms in total. The maximum Gasteiger partial charge on any atom is 0.289 e. The van der Waals surface area contributed by atoms with Gasteiger partial charge in [-0.25, -0.2) is 4.39 Å². The number of rotatable bonds is 4. The molecular weight excluding hydrogens is 359 g/mol. The quantitative estimate of drug-likeness (QED) is 0.698. The minimum absolute atomic E-state index is 0.319. The van der Waals surface area contributed by atoms with Gasteiger partial charge in [0, 0.05) is 13.7 Å². The van der Waals surface area contributed by atoms with Crippen LogP contribution in [0.25, 0.3) is 10.2 Å². The molecule has 1 aromatic carbocycles. The first-order valence-corrected chi connectivity index (χ1v) is 8.72. The lowest BCUT2D eigenvalue weighted by molar-refractivity contribution is 0.100. The predicted molar refractivity (Wildman–Crippen MR) is 90.9 cm³/mol. The van der Waals surface area contributed by atoms with E-state index in [-0.39, 0.29) is 11.7 Å². The van der Waals surface area contributed by atoms with Crippen LogP contribution in [0.1, 0.15) is 9.67 Å². The van der Waals surface area contributed by atoms with Gasteiger partial charge in [0.15, 0.2) is 4.80 Å². The van der Waals surface area contributed by atoms with Crippen molar-refractivity contribution in [1.82, 2.24) is 4.57 Å². The van der Waals surface area contributed by atoms with Crippen LogP contribution < -0.4 is 4.80 Å². The highest BCUT2D eigenvalue weighted by molar-refractivity contribution is 7.18. The van der Waals surface area contributed by atoms with Gasteiger partial charge in [-0.3, -0.25) is 4.79 Å². The van der Waals surface area contributed by atoms with Crippen molar-refractivity contribution < 1.29 is 13.9 Å². The molecule has 1 amide bonds. The minimum atomic E-state index is -0.361. The van der Waals surface area contributed by atoms with E-state index in [1.807, 2.05) is 4.57 Å². The number of amides is 1. The maximum atomic E-state index is 13.4. The predicted octanol–water partition coefficient (Wildman–Crippen LogP) is 3.94. The smallest absolute Gasteiger partial charge is 0.289 e. The van der Waals surface area contributed by atoms with Gasteiger partial charge >= 0.3 is 0 Å². The molecule has 0 fully saturated rings. The summed E-state index contributed by atoms with van der Waals surface area (Å²) in [6.45, 7) is 0.995. The second-order valence-corrected chi connectivity index (χ2v) is 7.39. The van der Waals surface area contributed by atoms with Crippen molar-refractivity contribution in [2.24, 2.45) is 4.99 Å². The highest BCUT2D eigenvalue weighted by Crippen LogP contribution is 2.22.